The van der Waals surface area contributed by atoms with Crippen molar-refractivity contribution in [3.05, 3.63) is 72.8 Å². The monoisotopic (exact) mass is 628 g/mol. The molecule has 5 rings (SSSR count). The number of aromatic nitrogens is 2. The Morgan fingerprint density at radius 3 is 2.28 bits per heavy atom. The maximum atomic E-state index is 11.2. The summed E-state index contributed by atoms with van der Waals surface area (Å²) < 4.78 is 21.3. The van der Waals surface area contributed by atoms with Gasteiger partial charge in [0.1, 0.15) is 11.5 Å². The molecule has 0 radical (unpaired) electrons. The number of hydrogen-bond acceptors (Lipinski definition) is 8. The maximum Gasteiger partial charge on any atom is 0.413 e. The predicted molar refractivity (Wildman–Crippen MR) is 174 cm³/mol. The summed E-state index contributed by atoms with van der Waals surface area (Å²) in [5.74, 6) is 2.21. The third-order valence-electron chi connectivity index (χ3n) is 6.42. The van der Waals surface area contributed by atoms with Crippen LogP contribution in [0.1, 0.15) is 26.2 Å². The van der Waals surface area contributed by atoms with E-state index in [4.69, 9.17) is 14.2 Å². The minimum atomic E-state index is -0.548. The van der Waals surface area contributed by atoms with E-state index >= 15 is 0 Å². The average molecular weight is 629 g/mol. The number of carbonyl (C=O) groups excluding carboxylic acids is 1. The highest BCUT2D eigenvalue weighted by molar-refractivity contribution is 7.99. The van der Waals surface area contributed by atoms with Crippen LogP contribution in [0.15, 0.2) is 82.6 Å². The molecule has 3 aromatic carbocycles. The van der Waals surface area contributed by atoms with E-state index in [2.05, 4.69) is 44.0 Å². The number of imidazole rings is 1. The molecule has 1 aromatic heterocycles. The lowest BCUT2D eigenvalue weighted by atomic mass is 10.3. The van der Waals surface area contributed by atoms with Gasteiger partial charge in [-0.05, 0) is 67.4 Å². The number of H-pyrrole nitrogens is 1. The quantitative estimate of drug-likeness (QED) is 0.158. The van der Waals surface area contributed by atoms with Crippen molar-refractivity contribution >= 4 is 47.2 Å². The van der Waals surface area contributed by atoms with Gasteiger partial charge >= 0.3 is 6.09 Å². The summed E-state index contributed by atoms with van der Waals surface area (Å²) in [6, 6.07) is 24.0. The number of nitrogens with zero attached hydrogens (tertiary/aromatic N) is 2. The molecule has 0 aliphatic carbocycles. The number of rotatable bonds is 12. The van der Waals surface area contributed by atoms with Gasteiger partial charge in [-0.15, -0.1) is 12.4 Å². The fourth-order valence-corrected chi connectivity index (χ4v) is 5.03. The van der Waals surface area contributed by atoms with Crippen molar-refractivity contribution in [1.29, 1.82) is 0 Å². The number of unbranched alkanes of at least 4 members (excludes halogenated alkanes) is 1. The summed E-state index contributed by atoms with van der Waals surface area (Å²) in [5, 5.41) is 2.52. The average Bonchev–Trinajstić information content (AvgIpc) is 3.43. The molecule has 0 bridgehead atoms. The number of fused-ring (bicyclic) bond motifs is 1. The van der Waals surface area contributed by atoms with Crippen molar-refractivity contribution in [3.63, 3.8) is 0 Å². The van der Waals surface area contributed by atoms with Gasteiger partial charge in [0.25, 0.3) is 0 Å². The van der Waals surface area contributed by atoms with E-state index in [9.17, 15) is 4.79 Å². The zero-order chi connectivity index (χ0) is 29.4. The summed E-state index contributed by atoms with van der Waals surface area (Å²) in [7, 11) is 1.31. The van der Waals surface area contributed by atoms with Crippen molar-refractivity contribution < 1.29 is 23.7 Å². The Morgan fingerprint density at radius 2 is 1.63 bits per heavy atom. The van der Waals surface area contributed by atoms with Gasteiger partial charge in [0.05, 0.1) is 44.6 Å². The molecule has 232 valence electrons. The Balaban J connectivity index is 0.000000230. The molecule has 1 aliphatic rings. The van der Waals surface area contributed by atoms with Crippen LogP contribution in [0.4, 0.5) is 10.7 Å². The third-order valence-corrected chi connectivity index (χ3v) is 7.42. The second-order valence-electron chi connectivity index (χ2n) is 9.63. The second kappa shape index (κ2) is 19.0. The largest absolute Gasteiger partial charge is 0.494 e. The van der Waals surface area contributed by atoms with Crippen LogP contribution in [0, 0.1) is 0 Å². The van der Waals surface area contributed by atoms with Gasteiger partial charge in [0.15, 0.2) is 0 Å². The van der Waals surface area contributed by atoms with Crippen LogP contribution in [-0.4, -0.2) is 74.1 Å². The topological polar surface area (TPSA) is 97.9 Å². The number of ether oxygens (including phenoxy) is 4. The molecule has 0 atom stereocenters. The Bertz CT molecular complexity index is 1350. The number of morpholine rings is 1. The lowest BCUT2D eigenvalue weighted by Crippen LogP contribution is -2.37. The molecular weight excluding hydrogens is 588 g/mol. The Hall–Kier alpha value is -3.44. The number of nitrogens with one attached hydrogen (secondary N) is 2. The van der Waals surface area contributed by atoms with Crippen molar-refractivity contribution in [1.82, 2.24) is 14.9 Å². The fourth-order valence-electron chi connectivity index (χ4n) is 4.15. The minimum Gasteiger partial charge on any atom is -0.494 e. The number of anilines is 1. The molecular formula is C32H41ClN4O5S. The molecule has 11 heteroatoms. The lowest BCUT2D eigenvalue weighted by Gasteiger charge is -2.26. The summed E-state index contributed by atoms with van der Waals surface area (Å²) in [6.45, 7) is 8.61. The first-order chi connectivity index (χ1) is 20.6. The van der Waals surface area contributed by atoms with Crippen molar-refractivity contribution in [2.45, 2.75) is 36.0 Å². The van der Waals surface area contributed by atoms with Crippen molar-refractivity contribution in [2.75, 3.05) is 58.5 Å². The number of benzene rings is 3. The van der Waals surface area contributed by atoms with E-state index in [1.165, 1.54) is 12.0 Å². The third kappa shape index (κ3) is 12.0. The summed E-state index contributed by atoms with van der Waals surface area (Å²) in [6.07, 6.45) is 2.76. The molecule has 9 nitrogen and oxygen atoms in total. The van der Waals surface area contributed by atoms with Gasteiger partial charge < -0.3 is 23.9 Å². The first kappa shape index (κ1) is 34.1. The number of aromatic amines is 1. The highest BCUT2D eigenvalue weighted by Crippen LogP contribution is 2.29. The Labute approximate surface area is 264 Å². The molecule has 2 heterocycles. The summed E-state index contributed by atoms with van der Waals surface area (Å²) in [5.41, 5.74) is 1.65. The maximum absolute atomic E-state index is 11.2. The Kier molecular flexibility index (Phi) is 15.0. The van der Waals surface area contributed by atoms with Gasteiger partial charge in [-0.3, -0.25) is 10.2 Å². The standard InChI is InChI=1S/C17H27NO3.C15H13N3O2S.ClH/c1-2-3-12-20-16-5-7-17(8-6-16)21-13-4-9-18-10-14-19-15-11-18;1-20-15(19)18-14-16-12-8-7-11(9-13(12)17-14)21-10-5-3-2-4-6-10;/h5-8H,2-4,9-15H2,1H3;2-9H,1H3,(H2,16,17,18,19);1H. The van der Waals surface area contributed by atoms with E-state index in [1.807, 2.05) is 60.7 Å². The van der Waals surface area contributed by atoms with Crippen LogP contribution in [0.2, 0.25) is 0 Å². The molecule has 1 amide bonds. The Morgan fingerprint density at radius 1 is 0.953 bits per heavy atom. The molecule has 4 aromatic rings. The molecule has 1 fully saturated rings. The van der Waals surface area contributed by atoms with E-state index in [0.717, 1.165) is 92.8 Å². The normalized spacial score (nSPS) is 12.9. The van der Waals surface area contributed by atoms with Crippen LogP contribution in [-0.2, 0) is 9.47 Å². The smallest absolute Gasteiger partial charge is 0.413 e. The van der Waals surface area contributed by atoms with Crippen molar-refractivity contribution in [2.24, 2.45) is 0 Å². The SMILES string of the molecule is CCCCOc1ccc(OCCCN2CCOCC2)cc1.COC(=O)Nc1nc2ccc(Sc3ccccc3)cc2[nH]1.Cl. The molecule has 0 saturated carbocycles. The molecule has 0 spiro atoms. The minimum absolute atomic E-state index is 0. The highest BCUT2D eigenvalue weighted by atomic mass is 35.5. The molecule has 0 unspecified atom stereocenters. The first-order valence-electron chi connectivity index (χ1n) is 14.4. The van der Waals surface area contributed by atoms with Crippen molar-refractivity contribution in [3.8, 4) is 11.5 Å². The number of halogens is 1. The van der Waals surface area contributed by atoms with E-state index in [0.29, 0.717) is 5.95 Å². The molecule has 1 saturated heterocycles. The van der Waals surface area contributed by atoms with Gasteiger partial charge in [-0.25, -0.2) is 9.78 Å². The zero-order valence-corrected chi connectivity index (χ0v) is 26.4. The number of carbonyl (C=O) groups is 1. The van der Waals surface area contributed by atoms with Crippen LogP contribution < -0.4 is 14.8 Å². The van der Waals surface area contributed by atoms with Gasteiger partial charge in [-0.1, -0.05) is 43.3 Å². The lowest BCUT2D eigenvalue weighted by molar-refractivity contribution is 0.0358. The summed E-state index contributed by atoms with van der Waals surface area (Å²) >= 11 is 1.67. The zero-order valence-electron chi connectivity index (χ0n) is 24.8. The summed E-state index contributed by atoms with van der Waals surface area (Å²) in [4.78, 5) is 23.2. The second-order valence-corrected chi connectivity index (χ2v) is 10.8. The number of hydrogen-bond donors (Lipinski definition) is 2. The van der Waals surface area contributed by atoms with Gasteiger partial charge in [0, 0.05) is 29.4 Å². The van der Waals surface area contributed by atoms with E-state index < -0.39 is 6.09 Å². The number of methoxy groups -OCH3 is 1. The molecule has 43 heavy (non-hydrogen) atoms. The van der Waals surface area contributed by atoms with Crippen LogP contribution in [0.25, 0.3) is 11.0 Å². The number of amides is 1. The van der Waals surface area contributed by atoms with Gasteiger partial charge in [0.2, 0.25) is 5.95 Å². The highest BCUT2D eigenvalue weighted by Gasteiger charge is 2.10. The van der Waals surface area contributed by atoms with Crippen LogP contribution >= 0.6 is 24.2 Å². The molecule has 1 aliphatic heterocycles. The van der Waals surface area contributed by atoms with E-state index in [-0.39, 0.29) is 12.4 Å². The van der Waals surface area contributed by atoms with Gasteiger partial charge in [-0.2, -0.15) is 0 Å². The predicted octanol–water partition coefficient (Wildman–Crippen LogP) is 7.28. The van der Waals surface area contributed by atoms with Crippen LogP contribution in [0.3, 0.4) is 0 Å². The molecule has 2 N–H and O–H groups in total. The van der Waals surface area contributed by atoms with E-state index in [1.54, 1.807) is 11.8 Å². The first-order valence-corrected chi connectivity index (χ1v) is 15.2. The van der Waals surface area contributed by atoms with Crippen LogP contribution in [0.5, 0.6) is 11.5 Å². The fraction of sp³-hybridized carbons (Fsp3) is 0.375.